The molecule has 0 aromatic heterocycles. The number of nitriles is 1. The van der Waals surface area contributed by atoms with Gasteiger partial charge in [0.1, 0.15) is 6.07 Å². The van der Waals surface area contributed by atoms with E-state index in [1.807, 2.05) is 6.07 Å². The highest BCUT2D eigenvalue weighted by Gasteiger charge is 2.13. The molecule has 0 spiro atoms. The third-order valence-electron chi connectivity index (χ3n) is 1.93. The summed E-state index contributed by atoms with van der Waals surface area (Å²) in [5.74, 6) is 0. The fraction of sp³-hybridized carbons (Fsp3) is 0.300. The van der Waals surface area contributed by atoms with E-state index < -0.39 is 6.43 Å². The predicted molar refractivity (Wildman–Crippen MR) is 58.1 cm³/mol. The quantitative estimate of drug-likeness (QED) is 0.847. The van der Waals surface area contributed by atoms with E-state index in [-0.39, 0.29) is 6.54 Å². The van der Waals surface area contributed by atoms with E-state index in [0.29, 0.717) is 15.7 Å². The molecule has 1 rings (SSSR count). The fourth-order valence-corrected chi connectivity index (χ4v) is 1.69. The zero-order valence-corrected chi connectivity index (χ0v) is 9.63. The Morgan fingerprint density at radius 1 is 1.53 bits per heavy atom. The number of halogens is 3. The molecule has 0 fully saturated rings. The monoisotopic (exact) mass is 274 g/mol. The third-order valence-corrected chi connectivity index (χ3v) is 2.59. The van der Waals surface area contributed by atoms with E-state index in [2.05, 4.69) is 15.9 Å². The van der Waals surface area contributed by atoms with Crippen molar-refractivity contribution in [2.45, 2.75) is 6.43 Å². The van der Waals surface area contributed by atoms with Crippen LogP contribution in [0.3, 0.4) is 0 Å². The minimum Gasteiger partial charge on any atom is -0.368 e. The van der Waals surface area contributed by atoms with Crippen molar-refractivity contribution in [1.82, 2.24) is 0 Å². The lowest BCUT2D eigenvalue weighted by atomic mass is 10.2. The van der Waals surface area contributed by atoms with Gasteiger partial charge in [-0.25, -0.2) is 8.78 Å². The van der Waals surface area contributed by atoms with Gasteiger partial charge in [-0.2, -0.15) is 5.26 Å². The summed E-state index contributed by atoms with van der Waals surface area (Å²) in [7, 11) is 1.54. The van der Waals surface area contributed by atoms with E-state index in [4.69, 9.17) is 5.26 Å². The Bertz CT molecular complexity index is 387. The number of anilines is 1. The van der Waals surface area contributed by atoms with Gasteiger partial charge in [-0.1, -0.05) is 6.07 Å². The maximum absolute atomic E-state index is 12.2. The molecule has 0 saturated heterocycles. The lowest BCUT2D eigenvalue weighted by Crippen LogP contribution is -2.24. The molecular formula is C10H9BrF2N2. The molecular weight excluding hydrogens is 266 g/mol. The summed E-state index contributed by atoms with van der Waals surface area (Å²) in [6.07, 6.45) is -2.42. The second-order valence-electron chi connectivity index (χ2n) is 3.02. The van der Waals surface area contributed by atoms with Crippen LogP contribution in [-0.4, -0.2) is 20.0 Å². The van der Waals surface area contributed by atoms with Crippen molar-refractivity contribution < 1.29 is 8.78 Å². The highest BCUT2D eigenvalue weighted by molar-refractivity contribution is 9.10. The Labute approximate surface area is 95.2 Å². The highest BCUT2D eigenvalue weighted by atomic mass is 79.9. The van der Waals surface area contributed by atoms with Crippen molar-refractivity contribution in [2.24, 2.45) is 0 Å². The summed E-state index contributed by atoms with van der Waals surface area (Å²) >= 11 is 3.21. The van der Waals surface area contributed by atoms with Gasteiger partial charge in [0.05, 0.1) is 17.8 Å². The average Bonchev–Trinajstić information content (AvgIpc) is 2.16. The van der Waals surface area contributed by atoms with Crippen LogP contribution in [0.15, 0.2) is 22.7 Å². The van der Waals surface area contributed by atoms with E-state index in [1.54, 1.807) is 18.2 Å². The van der Waals surface area contributed by atoms with Gasteiger partial charge in [-0.3, -0.25) is 0 Å². The smallest absolute Gasteiger partial charge is 0.255 e. The third kappa shape index (κ3) is 2.90. The first-order chi connectivity index (χ1) is 7.06. The zero-order chi connectivity index (χ0) is 11.4. The average molecular weight is 275 g/mol. The first kappa shape index (κ1) is 11.9. The molecule has 0 heterocycles. The Morgan fingerprint density at radius 2 is 2.20 bits per heavy atom. The number of hydrogen-bond donors (Lipinski definition) is 0. The lowest BCUT2D eigenvalue weighted by molar-refractivity contribution is 0.156. The van der Waals surface area contributed by atoms with Crippen molar-refractivity contribution in [2.75, 3.05) is 18.5 Å². The summed E-state index contributed by atoms with van der Waals surface area (Å²) < 4.78 is 25.0. The van der Waals surface area contributed by atoms with Crippen molar-refractivity contribution in [3.8, 4) is 6.07 Å². The normalized spacial score (nSPS) is 10.1. The lowest BCUT2D eigenvalue weighted by Gasteiger charge is -2.20. The van der Waals surface area contributed by atoms with Crippen LogP contribution < -0.4 is 4.90 Å². The Hall–Kier alpha value is -1.15. The second-order valence-corrected chi connectivity index (χ2v) is 3.87. The summed E-state index contributed by atoms with van der Waals surface area (Å²) in [6, 6.07) is 7.05. The maximum atomic E-state index is 12.2. The first-order valence-electron chi connectivity index (χ1n) is 4.24. The van der Waals surface area contributed by atoms with Gasteiger partial charge in [-0.05, 0) is 28.1 Å². The molecule has 0 aliphatic carbocycles. The molecule has 80 valence electrons. The molecule has 0 unspecified atom stereocenters. The SMILES string of the molecule is CN(CC(F)F)c1cccc(Br)c1C#N. The molecule has 1 aromatic carbocycles. The molecule has 0 bridgehead atoms. The Kier molecular flexibility index (Phi) is 4.04. The molecule has 1 aromatic rings. The number of benzene rings is 1. The van der Waals surface area contributed by atoms with Gasteiger partial charge in [-0.15, -0.1) is 0 Å². The van der Waals surface area contributed by atoms with Crippen LogP contribution in [0.1, 0.15) is 5.56 Å². The van der Waals surface area contributed by atoms with Gasteiger partial charge in [0.2, 0.25) is 0 Å². The van der Waals surface area contributed by atoms with Crippen molar-refractivity contribution in [3.63, 3.8) is 0 Å². The number of rotatable bonds is 3. The summed E-state index contributed by atoms with van der Waals surface area (Å²) in [5, 5.41) is 8.89. The van der Waals surface area contributed by atoms with Crippen LogP contribution in [0.4, 0.5) is 14.5 Å². The van der Waals surface area contributed by atoms with Crippen LogP contribution in [0, 0.1) is 11.3 Å². The van der Waals surface area contributed by atoms with E-state index in [9.17, 15) is 8.78 Å². The fourth-order valence-electron chi connectivity index (χ4n) is 1.25. The molecule has 0 radical (unpaired) electrons. The molecule has 5 heteroatoms. The van der Waals surface area contributed by atoms with E-state index in [1.165, 1.54) is 11.9 Å². The second kappa shape index (κ2) is 5.08. The number of alkyl halides is 2. The van der Waals surface area contributed by atoms with Crippen molar-refractivity contribution in [3.05, 3.63) is 28.2 Å². The molecule has 0 aliphatic rings. The van der Waals surface area contributed by atoms with Gasteiger partial charge >= 0.3 is 0 Å². The molecule has 15 heavy (non-hydrogen) atoms. The topological polar surface area (TPSA) is 27.0 Å². The molecule has 2 nitrogen and oxygen atoms in total. The van der Waals surface area contributed by atoms with Gasteiger partial charge in [0.15, 0.2) is 0 Å². The number of hydrogen-bond acceptors (Lipinski definition) is 2. The van der Waals surface area contributed by atoms with Gasteiger partial charge in [0, 0.05) is 11.5 Å². The van der Waals surface area contributed by atoms with Crippen LogP contribution in [0.5, 0.6) is 0 Å². The molecule has 0 saturated carbocycles. The predicted octanol–water partition coefficient (Wildman–Crippen LogP) is 3.02. The maximum Gasteiger partial charge on any atom is 0.255 e. The molecule has 0 aliphatic heterocycles. The first-order valence-corrected chi connectivity index (χ1v) is 5.03. The minimum absolute atomic E-state index is 0.376. The van der Waals surface area contributed by atoms with Crippen LogP contribution >= 0.6 is 15.9 Å². The molecule has 0 amide bonds. The van der Waals surface area contributed by atoms with Crippen LogP contribution in [0.25, 0.3) is 0 Å². The van der Waals surface area contributed by atoms with E-state index >= 15 is 0 Å². The van der Waals surface area contributed by atoms with Crippen molar-refractivity contribution >= 4 is 21.6 Å². The molecule has 0 N–H and O–H groups in total. The largest absolute Gasteiger partial charge is 0.368 e. The molecule has 0 atom stereocenters. The van der Waals surface area contributed by atoms with E-state index in [0.717, 1.165) is 0 Å². The summed E-state index contributed by atoms with van der Waals surface area (Å²) in [6.45, 7) is -0.384. The van der Waals surface area contributed by atoms with Crippen molar-refractivity contribution in [1.29, 1.82) is 5.26 Å². The summed E-state index contributed by atoms with van der Waals surface area (Å²) in [5.41, 5.74) is 0.882. The Balaban J connectivity index is 3.04. The zero-order valence-electron chi connectivity index (χ0n) is 8.04. The van der Waals surface area contributed by atoms with Crippen LogP contribution in [0.2, 0.25) is 0 Å². The number of nitrogens with zero attached hydrogens (tertiary/aromatic N) is 2. The van der Waals surface area contributed by atoms with Gasteiger partial charge in [0.25, 0.3) is 6.43 Å². The van der Waals surface area contributed by atoms with Gasteiger partial charge < -0.3 is 4.90 Å². The standard InChI is InChI=1S/C10H9BrF2N2/c1-15(6-10(12)13)9-4-2-3-8(11)7(9)5-14/h2-4,10H,6H2,1H3. The highest BCUT2D eigenvalue weighted by Crippen LogP contribution is 2.26. The summed E-state index contributed by atoms with van der Waals surface area (Å²) in [4.78, 5) is 1.37. The minimum atomic E-state index is -2.42. The Morgan fingerprint density at radius 3 is 2.73 bits per heavy atom. The van der Waals surface area contributed by atoms with Crippen LogP contribution in [-0.2, 0) is 0 Å².